The summed E-state index contributed by atoms with van der Waals surface area (Å²) in [5.74, 6) is -0.280. The van der Waals surface area contributed by atoms with Crippen molar-refractivity contribution in [1.82, 2.24) is 13.6 Å². The molecule has 0 aliphatic carbocycles. The lowest BCUT2D eigenvalue weighted by Gasteiger charge is -2.33. The van der Waals surface area contributed by atoms with Gasteiger partial charge in [0.15, 0.2) is 0 Å². The van der Waals surface area contributed by atoms with Crippen LogP contribution in [0.25, 0.3) is 0 Å². The zero-order valence-corrected chi connectivity index (χ0v) is 13.8. The highest BCUT2D eigenvalue weighted by Gasteiger charge is 2.32. The first-order valence-electron chi connectivity index (χ1n) is 6.89. The zero-order chi connectivity index (χ0) is 15.7. The standard InChI is InChI=1S/C12H21N3O4S2/c1-3-20(16,17)13-6-10-21(18,19)15-9-8-14-7-4-5-12(14)11(15)2/h4-5,7,11,13H,3,6,8-10H2,1-2H3. The van der Waals surface area contributed by atoms with Crippen LogP contribution in [-0.2, 0) is 26.6 Å². The summed E-state index contributed by atoms with van der Waals surface area (Å²) in [7, 11) is -6.85. The van der Waals surface area contributed by atoms with Gasteiger partial charge in [0.05, 0.1) is 17.5 Å². The van der Waals surface area contributed by atoms with Crippen molar-refractivity contribution in [3.05, 3.63) is 24.0 Å². The van der Waals surface area contributed by atoms with Crippen molar-refractivity contribution in [2.24, 2.45) is 0 Å². The Hall–Kier alpha value is -0.900. The molecule has 21 heavy (non-hydrogen) atoms. The monoisotopic (exact) mass is 335 g/mol. The molecule has 0 radical (unpaired) electrons. The van der Waals surface area contributed by atoms with Gasteiger partial charge in [0, 0.05) is 31.5 Å². The van der Waals surface area contributed by atoms with Crippen LogP contribution in [-0.4, -0.2) is 50.3 Å². The van der Waals surface area contributed by atoms with Gasteiger partial charge < -0.3 is 4.57 Å². The summed E-state index contributed by atoms with van der Waals surface area (Å²) in [6.07, 6.45) is 1.94. The topological polar surface area (TPSA) is 88.5 Å². The van der Waals surface area contributed by atoms with E-state index in [1.165, 1.54) is 11.2 Å². The molecule has 2 rings (SSSR count). The van der Waals surface area contributed by atoms with Gasteiger partial charge in [0.1, 0.15) is 0 Å². The fraction of sp³-hybridized carbons (Fsp3) is 0.667. The van der Waals surface area contributed by atoms with Crippen LogP contribution in [0.2, 0.25) is 0 Å². The molecular formula is C12H21N3O4S2. The van der Waals surface area contributed by atoms with Gasteiger partial charge in [-0.2, -0.15) is 4.31 Å². The summed E-state index contributed by atoms with van der Waals surface area (Å²) in [4.78, 5) is 0. The third kappa shape index (κ3) is 3.65. The third-order valence-electron chi connectivity index (χ3n) is 3.71. The number of hydrogen-bond acceptors (Lipinski definition) is 4. The second-order valence-corrected chi connectivity index (χ2v) is 9.16. The summed E-state index contributed by atoms with van der Waals surface area (Å²) in [6, 6.07) is 3.57. The number of rotatable bonds is 6. The molecule has 1 unspecified atom stereocenters. The van der Waals surface area contributed by atoms with E-state index in [4.69, 9.17) is 0 Å². The molecule has 1 aliphatic heterocycles. The van der Waals surface area contributed by atoms with E-state index in [2.05, 4.69) is 4.72 Å². The Morgan fingerprint density at radius 2 is 2.00 bits per heavy atom. The highest BCUT2D eigenvalue weighted by molar-refractivity contribution is 7.90. The first-order chi connectivity index (χ1) is 9.77. The lowest BCUT2D eigenvalue weighted by Crippen LogP contribution is -2.43. The van der Waals surface area contributed by atoms with Crippen LogP contribution in [0.5, 0.6) is 0 Å². The molecule has 1 aliphatic rings. The molecule has 1 N–H and O–H groups in total. The molecule has 1 aromatic heterocycles. The Labute approximate surface area is 126 Å². The number of nitrogens with zero attached hydrogens (tertiary/aromatic N) is 2. The molecule has 0 aromatic carbocycles. The molecule has 1 atom stereocenters. The number of nitrogens with one attached hydrogen (secondary N) is 1. The minimum Gasteiger partial charge on any atom is -0.349 e. The fourth-order valence-corrected chi connectivity index (χ4v) is 4.77. The Balaban J connectivity index is 2.04. The number of hydrogen-bond donors (Lipinski definition) is 1. The minimum absolute atomic E-state index is 0.0549. The quantitative estimate of drug-likeness (QED) is 0.800. The summed E-state index contributed by atoms with van der Waals surface area (Å²) in [5, 5.41) is 0. The largest absolute Gasteiger partial charge is 0.349 e. The molecule has 7 nitrogen and oxygen atoms in total. The maximum absolute atomic E-state index is 12.4. The molecule has 120 valence electrons. The molecule has 9 heteroatoms. The van der Waals surface area contributed by atoms with Crippen LogP contribution in [0, 0.1) is 0 Å². The number of fused-ring (bicyclic) bond motifs is 1. The van der Waals surface area contributed by atoms with Gasteiger partial charge in [-0.1, -0.05) is 0 Å². The molecule has 0 bridgehead atoms. The van der Waals surface area contributed by atoms with Crippen LogP contribution < -0.4 is 4.72 Å². The molecular weight excluding hydrogens is 314 g/mol. The van der Waals surface area contributed by atoms with Gasteiger partial charge in [0.25, 0.3) is 0 Å². The second-order valence-electron chi connectivity index (χ2n) is 5.03. The maximum Gasteiger partial charge on any atom is 0.216 e. The SMILES string of the molecule is CCS(=O)(=O)NCCS(=O)(=O)N1CCn2cccc2C1C. The molecule has 0 spiro atoms. The van der Waals surface area contributed by atoms with Crippen molar-refractivity contribution >= 4 is 20.0 Å². The van der Waals surface area contributed by atoms with Crippen molar-refractivity contribution in [2.75, 3.05) is 24.6 Å². The van der Waals surface area contributed by atoms with Gasteiger partial charge >= 0.3 is 0 Å². The van der Waals surface area contributed by atoms with Crippen LogP contribution in [0.15, 0.2) is 18.3 Å². The highest BCUT2D eigenvalue weighted by Crippen LogP contribution is 2.27. The summed E-state index contributed by atoms with van der Waals surface area (Å²) >= 11 is 0. The van der Waals surface area contributed by atoms with Crippen LogP contribution >= 0.6 is 0 Å². The van der Waals surface area contributed by atoms with E-state index in [-0.39, 0.29) is 24.1 Å². The normalized spacial score (nSPS) is 20.4. The van der Waals surface area contributed by atoms with Crippen molar-refractivity contribution in [2.45, 2.75) is 26.4 Å². The average molecular weight is 335 g/mol. The minimum atomic E-state index is -3.49. The van der Waals surface area contributed by atoms with Gasteiger partial charge in [-0.15, -0.1) is 0 Å². The van der Waals surface area contributed by atoms with Crippen LogP contribution in [0.1, 0.15) is 25.6 Å². The zero-order valence-electron chi connectivity index (χ0n) is 12.2. The fourth-order valence-electron chi connectivity index (χ4n) is 2.48. The lowest BCUT2D eigenvalue weighted by atomic mass is 10.2. The van der Waals surface area contributed by atoms with Crippen molar-refractivity contribution < 1.29 is 16.8 Å². The molecule has 0 saturated heterocycles. The highest BCUT2D eigenvalue weighted by atomic mass is 32.2. The number of sulfonamides is 2. The first kappa shape index (κ1) is 16.5. The van der Waals surface area contributed by atoms with E-state index in [1.54, 1.807) is 0 Å². The molecule has 0 amide bonds. The van der Waals surface area contributed by atoms with Crippen LogP contribution in [0.3, 0.4) is 0 Å². The summed E-state index contributed by atoms with van der Waals surface area (Å²) in [6.45, 7) is 4.29. The van der Waals surface area contributed by atoms with E-state index in [1.807, 2.05) is 29.8 Å². The Bertz CT molecular complexity index is 694. The van der Waals surface area contributed by atoms with E-state index < -0.39 is 20.0 Å². The van der Waals surface area contributed by atoms with Gasteiger partial charge in [-0.05, 0) is 26.0 Å². The first-order valence-corrected chi connectivity index (χ1v) is 10.1. The van der Waals surface area contributed by atoms with E-state index in [0.29, 0.717) is 13.1 Å². The average Bonchev–Trinajstić information content (AvgIpc) is 2.87. The van der Waals surface area contributed by atoms with Crippen molar-refractivity contribution in [1.29, 1.82) is 0 Å². The van der Waals surface area contributed by atoms with E-state index >= 15 is 0 Å². The molecule has 2 heterocycles. The van der Waals surface area contributed by atoms with Gasteiger partial charge in [-0.3, -0.25) is 0 Å². The predicted octanol–water partition coefficient (Wildman–Crippen LogP) is 0.134. The molecule has 0 saturated carbocycles. The Kier molecular flexibility index (Phi) is 4.76. The lowest BCUT2D eigenvalue weighted by molar-refractivity contribution is 0.282. The molecule has 1 aromatic rings. The Morgan fingerprint density at radius 3 is 2.67 bits per heavy atom. The Morgan fingerprint density at radius 1 is 1.29 bits per heavy atom. The van der Waals surface area contributed by atoms with E-state index in [0.717, 1.165) is 5.69 Å². The van der Waals surface area contributed by atoms with Crippen LogP contribution in [0.4, 0.5) is 0 Å². The van der Waals surface area contributed by atoms with Gasteiger partial charge in [-0.25, -0.2) is 21.6 Å². The van der Waals surface area contributed by atoms with Crippen molar-refractivity contribution in [3.63, 3.8) is 0 Å². The van der Waals surface area contributed by atoms with Crippen molar-refractivity contribution in [3.8, 4) is 0 Å². The number of aromatic nitrogens is 1. The third-order valence-corrected chi connectivity index (χ3v) is 7.04. The smallest absolute Gasteiger partial charge is 0.216 e. The summed E-state index contributed by atoms with van der Waals surface area (Å²) < 4.78 is 53.2. The predicted molar refractivity (Wildman–Crippen MR) is 80.8 cm³/mol. The van der Waals surface area contributed by atoms with Gasteiger partial charge in [0.2, 0.25) is 20.0 Å². The summed E-state index contributed by atoms with van der Waals surface area (Å²) in [5.41, 5.74) is 0.957. The maximum atomic E-state index is 12.4. The second kappa shape index (κ2) is 6.07. The van der Waals surface area contributed by atoms with E-state index in [9.17, 15) is 16.8 Å². The molecule has 0 fully saturated rings.